The second kappa shape index (κ2) is 7.94. The Morgan fingerprint density at radius 2 is 1.83 bits per heavy atom. The fraction of sp³-hybridized carbons (Fsp3) is 0.333. The summed E-state index contributed by atoms with van der Waals surface area (Å²) in [6, 6.07) is 10.1. The van der Waals surface area contributed by atoms with Gasteiger partial charge in [0.2, 0.25) is 0 Å². The van der Waals surface area contributed by atoms with Gasteiger partial charge in [-0.25, -0.2) is 22.8 Å². The van der Waals surface area contributed by atoms with Crippen LogP contribution in [0.2, 0.25) is 0 Å². The zero-order valence-electron chi connectivity index (χ0n) is 16.1. The molecule has 4 rings (SSSR count). The number of benzene rings is 2. The summed E-state index contributed by atoms with van der Waals surface area (Å²) in [4.78, 5) is 8.75. The van der Waals surface area contributed by atoms with Gasteiger partial charge >= 0.3 is 0 Å². The van der Waals surface area contributed by atoms with E-state index in [0.29, 0.717) is 36.5 Å². The van der Waals surface area contributed by atoms with Crippen LogP contribution < -0.4 is 10.1 Å². The van der Waals surface area contributed by atoms with Gasteiger partial charge in [-0.15, -0.1) is 0 Å². The molecular formula is C21H22FN3O3S. The Balaban J connectivity index is 1.65. The number of hydrogen-bond acceptors (Lipinski definition) is 6. The lowest BCUT2D eigenvalue weighted by Gasteiger charge is -2.22. The third-order valence-electron chi connectivity index (χ3n) is 5.33. The molecule has 0 unspecified atom stereocenters. The largest absolute Gasteiger partial charge is 0.494 e. The van der Waals surface area contributed by atoms with Gasteiger partial charge in [-0.2, -0.15) is 0 Å². The van der Waals surface area contributed by atoms with Gasteiger partial charge in [-0.3, -0.25) is 0 Å². The van der Waals surface area contributed by atoms with Crippen LogP contribution in [-0.4, -0.2) is 43.5 Å². The molecule has 8 heteroatoms. The molecular weight excluding hydrogens is 393 g/mol. The fourth-order valence-electron chi connectivity index (χ4n) is 3.62. The molecule has 0 radical (unpaired) electrons. The van der Waals surface area contributed by atoms with Gasteiger partial charge in [0.15, 0.2) is 0 Å². The predicted molar refractivity (Wildman–Crippen MR) is 111 cm³/mol. The molecule has 1 saturated heterocycles. The smallest absolute Gasteiger partial charge is 0.150 e. The highest BCUT2D eigenvalue weighted by Gasteiger charge is 2.23. The Bertz CT molecular complexity index is 1120. The molecule has 6 nitrogen and oxygen atoms in total. The van der Waals surface area contributed by atoms with Crippen LogP contribution in [0.5, 0.6) is 5.75 Å². The summed E-state index contributed by atoms with van der Waals surface area (Å²) in [5.74, 6) is 1.76. The van der Waals surface area contributed by atoms with Gasteiger partial charge in [-0.1, -0.05) is 12.1 Å². The molecule has 0 spiro atoms. The Morgan fingerprint density at radius 1 is 1.10 bits per heavy atom. The molecule has 0 saturated carbocycles. The van der Waals surface area contributed by atoms with E-state index in [1.165, 1.54) is 18.5 Å². The molecule has 152 valence electrons. The quantitative estimate of drug-likeness (QED) is 0.685. The van der Waals surface area contributed by atoms with Crippen molar-refractivity contribution < 1.29 is 17.5 Å². The van der Waals surface area contributed by atoms with E-state index in [0.717, 1.165) is 16.5 Å². The topological polar surface area (TPSA) is 81.2 Å². The monoisotopic (exact) mass is 415 g/mol. The third-order valence-corrected chi connectivity index (χ3v) is 7.05. The van der Waals surface area contributed by atoms with Crippen molar-refractivity contribution in [2.45, 2.75) is 12.8 Å². The molecule has 2 aromatic carbocycles. The Hall–Kier alpha value is -2.74. The van der Waals surface area contributed by atoms with Crippen LogP contribution in [0.25, 0.3) is 22.0 Å². The molecule has 0 aliphatic carbocycles. The first kappa shape index (κ1) is 19.6. The predicted octanol–water partition coefficient (Wildman–Crippen LogP) is 3.68. The number of fused-ring (bicyclic) bond motifs is 1. The van der Waals surface area contributed by atoms with Crippen molar-refractivity contribution >= 4 is 26.6 Å². The van der Waals surface area contributed by atoms with Crippen molar-refractivity contribution in [3.8, 4) is 16.9 Å². The van der Waals surface area contributed by atoms with E-state index < -0.39 is 9.84 Å². The molecule has 1 aliphatic rings. The van der Waals surface area contributed by atoms with Crippen LogP contribution in [0.4, 0.5) is 10.2 Å². The van der Waals surface area contributed by atoms with E-state index in [-0.39, 0.29) is 23.2 Å². The van der Waals surface area contributed by atoms with E-state index >= 15 is 0 Å². The summed E-state index contributed by atoms with van der Waals surface area (Å²) in [6.07, 6.45) is 2.79. The minimum absolute atomic E-state index is 0.242. The first-order valence-electron chi connectivity index (χ1n) is 9.48. The summed E-state index contributed by atoms with van der Waals surface area (Å²) in [6.45, 7) is 0.644. The molecule has 2 heterocycles. The fourth-order valence-corrected chi connectivity index (χ4v) is 5.21. The van der Waals surface area contributed by atoms with Crippen LogP contribution in [0.1, 0.15) is 12.8 Å². The van der Waals surface area contributed by atoms with Crippen molar-refractivity contribution in [1.82, 2.24) is 9.97 Å². The lowest BCUT2D eigenvalue weighted by atomic mass is 10.0. The molecule has 1 fully saturated rings. The average molecular weight is 415 g/mol. The number of rotatable bonds is 5. The summed E-state index contributed by atoms with van der Waals surface area (Å²) >= 11 is 0. The average Bonchev–Trinajstić information content (AvgIpc) is 2.72. The van der Waals surface area contributed by atoms with Gasteiger partial charge in [0.1, 0.15) is 39.1 Å². The standard InChI is InChI=1S/C21H22FN3O3S/c1-28-19-11-16(15-2-4-17(22)5-3-15)10-18-20(19)24-13-25-21(18)23-12-14-6-8-29(26,27)9-7-14/h2-5,10-11,13-14H,6-9,12H2,1H3,(H,23,24,25). The minimum Gasteiger partial charge on any atom is -0.494 e. The number of ether oxygens (including phenoxy) is 1. The molecule has 0 bridgehead atoms. The molecule has 0 amide bonds. The normalized spacial score (nSPS) is 16.6. The number of sulfone groups is 1. The Kier molecular flexibility index (Phi) is 5.36. The molecule has 1 N–H and O–H groups in total. The van der Waals surface area contributed by atoms with Gasteiger partial charge in [-0.05, 0) is 54.2 Å². The zero-order valence-corrected chi connectivity index (χ0v) is 16.9. The molecule has 29 heavy (non-hydrogen) atoms. The van der Waals surface area contributed by atoms with Crippen LogP contribution in [0.15, 0.2) is 42.7 Å². The second-order valence-corrected chi connectivity index (χ2v) is 9.58. The van der Waals surface area contributed by atoms with Gasteiger partial charge in [0, 0.05) is 11.9 Å². The number of nitrogens with zero attached hydrogens (tertiary/aromatic N) is 2. The van der Waals surface area contributed by atoms with Gasteiger partial charge in [0.25, 0.3) is 0 Å². The second-order valence-electron chi connectivity index (χ2n) is 7.28. The lowest BCUT2D eigenvalue weighted by Crippen LogP contribution is -2.27. The highest BCUT2D eigenvalue weighted by molar-refractivity contribution is 7.91. The first-order valence-corrected chi connectivity index (χ1v) is 11.3. The maximum atomic E-state index is 13.3. The Labute approximate surface area is 169 Å². The maximum Gasteiger partial charge on any atom is 0.150 e. The van der Waals surface area contributed by atoms with E-state index in [2.05, 4.69) is 15.3 Å². The van der Waals surface area contributed by atoms with Crippen molar-refractivity contribution in [3.05, 3.63) is 48.5 Å². The van der Waals surface area contributed by atoms with Crippen LogP contribution >= 0.6 is 0 Å². The van der Waals surface area contributed by atoms with Crippen molar-refractivity contribution in [1.29, 1.82) is 0 Å². The Morgan fingerprint density at radius 3 is 2.52 bits per heavy atom. The van der Waals surface area contributed by atoms with E-state index in [9.17, 15) is 12.8 Å². The van der Waals surface area contributed by atoms with E-state index in [1.807, 2.05) is 12.1 Å². The number of methoxy groups -OCH3 is 1. The van der Waals surface area contributed by atoms with Crippen molar-refractivity contribution in [3.63, 3.8) is 0 Å². The van der Waals surface area contributed by atoms with Gasteiger partial charge in [0.05, 0.1) is 18.6 Å². The maximum absolute atomic E-state index is 13.3. The minimum atomic E-state index is -2.88. The number of hydrogen-bond donors (Lipinski definition) is 1. The lowest BCUT2D eigenvalue weighted by molar-refractivity contribution is 0.419. The zero-order chi connectivity index (χ0) is 20.4. The molecule has 0 atom stereocenters. The summed E-state index contributed by atoms with van der Waals surface area (Å²) in [5.41, 5.74) is 2.41. The highest BCUT2D eigenvalue weighted by Crippen LogP contribution is 2.34. The number of halogens is 1. The number of anilines is 1. The van der Waals surface area contributed by atoms with Crippen molar-refractivity contribution in [2.75, 3.05) is 30.5 Å². The molecule has 1 aromatic heterocycles. The SMILES string of the molecule is COc1cc(-c2ccc(F)cc2)cc2c(NCC3CCS(=O)(=O)CC3)ncnc12. The van der Waals surface area contributed by atoms with E-state index in [1.54, 1.807) is 19.2 Å². The summed E-state index contributed by atoms with van der Waals surface area (Å²) in [5, 5.41) is 4.16. The van der Waals surface area contributed by atoms with Gasteiger partial charge < -0.3 is 10.1 Å². The first-order chi connectivity index (χ1) is 13.9. The third kappa shape index (κ3) is 4.32. The molecule has 3 aromatic rings. The summed E-state index contributed by atoms with van der Waals surface area (Å²) in [7, 11) is -1.29. The summed E-state index contributed by atoms with van der Waals surface area (Å²) < 4.78 is 42.1. The number of nitrogens with one attached hydrogen (secondary N) is 1. The highest BCUT2D eigenvalue weighted by atomic mass is 32.2. The van der Waals surface area contributed by atoms with Crippen LogP contribution in [-0.2, 0) is 9.84 Å². The number of aromatic nitrogens is 2. The van der Waals surface area contributed by atoms with Crippen LogP contribution in [0, 0.1) is 11.7 Å². The molecule has 1 aliphatic heterocycles. The van der Waals surface area contributed by atoms with E-state index in [4.69, 9.17) is 4.74 Å². The van der Waals surface area contributed by atoms with Crippen molar-refractivity contribution in [2.24, 2.45) is 5.92 Å². The van der Waals surface area contributed by atoms with Crippen LogP contribution in [0.3, 0.4) is 0 Å².